The van der Waals surface area contributed by atoms with Crippen molar-refractivity contribution >= 4 is 35.7 Å². The van der Waals surface area contributed by atoms with Crippen LogP contribution < -0.4 is 27.7 Å². The molecule has 2 heterocycles. The van der Waals surface area contributed by atoms with Crippen molar-refractivity contribution < 1.29 is 9.18 Å². The number of pyridine rings is 1. The number of nitrogen functional groups attached to an aromatic ring is 1. The number of aromatic nitrogens is 3. The molecule has 0 aliphatic heterocycles. The number of aryl methyl sites for hydroxylation is 3. The zero-order valence-corrected chi connectivity index (χ0v) is 20.4. The Hall–Kier alpha value is -3.37. The van der Waals surface area contributed by atoms with Crippen LogP contribution in [0.5, 0.6) is 0 Å². The molecule has 0 saturated heterocycles. The lowest BCUT2D eigenvalue weighted by Gasteiger charge is -2.15. The zero-order valence-electron chi connectivity index (χ0n) is 18.8. The van der Waals surface area contributed by atoms with Gasteiger partial charge >= 0.3 is 5.69 Å². The number of hydrogen-bond acceptors (Lipinski definition) is 6. The van der Waals surface area contributed by atoms with Gasteiger partial charge in [0.2, 0.25) is 5.91 Å². The summed E-state index contributed by atoms with van der Waals surface area (Å²) in [6.45, 7) is 5.08. The van der Waals surface area contributed by atoms with Crippen molar-refractivity contribution in [2.24, 2.45) is 0 Å². The van der Waals surface area contributed by atoms with Crippen molar-refractivity contribution in [3.63, 3.8) is 0 Å². The number of halogens is 3. The van der Waals surface area contributed by atoms with Gasteiger partial charge in [-0.2, -0.15) is 4.68 Å². The third-order valence-corrected chi connectivity index (χ3v) is 5.54. The number of hydrogen-bond donors (Lipinski definition) is 3. The van der Waals surface area contributed by atoms with Gasteiger partial charge in [-0.15, -0.1) is 12.4 Å². The standard InChI is InChI=1S/C22H24ClFN6O3.ClH/c1-12-6-19(25)28-14(3)17(12)10-26-20(31)11-29-13(2)7-21(32)30(22(29)33)27-9-15-8-16(24)4-5-18(15)23;/h4-8,27H,9-11H2,1-3H3,(H2,25,28)(H,26,31);1H. The monoisotopic (exact) mass is 510 g/mol. The number of anilines is 1. The number of carbonyl (C=O) groups excluding carboxylic acids is 1. The summed E-state index contributed by atoms with van der Waals surface area (Å²) in [5.74, 6) is -0.519. The summed E-state index contributed by atoms with van der Waals surface area (Å²) in [5.41, 5.74) is 10.2. The lowest BCUT2D eigenvalue weighted by molar-refractivity contribution is -0.121. The second-order valence-electron chi connectivity index (χ2n) is 7.60. The van der Waals surface area contributed by atoms with E-state index in [-0.39, 0.29) is 37.1 Å². The number of nitrogens with zero attached hydrogens (tertiary/aromatic N) is 3. The van der Waals surface area contributed by atoms with E-state index in [4.69, 9.17) is 17.3 Å². The molecule has 2 aromatic heterocycles. The topological polar surface area (TPSA) is 124 Å². The van der Waals surface area contributed by atoms with E-state index in [1.165, 1.54) is 24.3 Å². The fourth-order valence-corrected chi connectivity index (χ4v) is 3.59. The predicted octanol–water partition coefficient (Wildman–Crippen LogP) is 2.19. The molecule has 0 atom stereocenters. The summed E-state index contributed by atoms with van der Waals surface area (Å²) < 4.78 is 15.4. The van der Waals surface area contributed by atoms with Crippen LogP contribution in [-0.2, 0) is 24.4 Å². The first-order valence-corrected chi connectivity index (χ1v) is 10.4. The van der Waals surface area contributed by atoms with Crippen LogP contribution in [0.25, 0.3) is 0 Å². The molecule has 0 bridgehead atoms. The fraction of sp³-hybridized carbons (Fsp3) is 0.273. The molecular formula is C22H25Cl2FN6O3. The molecule has 0 fully saturated rings. The van der Waals surface area contributed by atoms with Gasteiger partial charge in [0.05, 0.1) is 6.54 Å². The summed E-state index contributed by atoms with van der Waals surface area (Å²) >= 11 is 6.04. The van der Waals surface area contributed by atoms with Crippen LogP contribution in [0.2, 0.25) is 5.02 Å². The van der Waals surface area contributed by atoms with E-state index in [0.717, 1.165) is 20.4 Å². The van der Waals surface area contributed by atoms with Gasteiger partial charge in [-0.1, -0.05) is 11.6 Å². The fourth-order valence-electron chi connectivity index (χ4n) is 3.41. The van der Waals surface area contributed by atoms with E-state index in [9.17, 15) is 18.8 Å². The second-order valence-corrected chi connectivity index (χ2v) is 8.01. The molecule has 4 N–H and O–H groups in total. The Bertz CT molecular complexity index is 1320. The van der Waals surface area contributed by atoms with Crippen molar-refractivity contribution in [1.29, 1.82) is 0 Å². The van der Waals surface area contributed by atoms with Gasteiger partial charge in [-0.25, -0.2) is 14.2 Å². The Morgan fingerprint density at radius 2 is 1.85 bits per heavy atom. The molecule has 0 unspecified atom stereocenters. The predicted molar refractivity (Wildman–Crippen MR) is 131 cm³/mol. The second kappa shape index (κ2) is 11.2. The van der Waals surface area contributed by atoms with Gasteiger partial charge in [0.15, 0.2) is 0 Å². The average molecular weight is 511 g/mol. The van der Waals surface area contributed by atoms with E-state index in [0.29, 0.717) is 22.8 Å². The molecule has 0 aliphatic rings. The first-order valence-electron chi connectivity index (χ1n) is 10.1. The summed E-state index contributed by atoms with van der Waals surface area (Å²) in [6, 6.07) is 6.74. The van der Waals surface area contributed by atoms with Crippen molar-refractivity contribution in [2.75, 3.05) is 11.2 Å². The molecular weight excluding hydrogens is 486 g/mol. The van der Waals surface area contributed by atoms with E-state index in [2.05, 4.69) is 15.7 Å². The molecule has 0 aliphatic carbocycles. The number of amides is 1. The molecule has 0 radical (unpaired) electrons. The Balaban J connectivity index is 0.00000408. The van der Waals surface area contributed by atoms with Gasteiger partial charge in [0.25, 0.3) is 5.56 Å². The first kappa shape index (κ1) is 26.9. The summed E-state index contributed by atoms with van der Waals surface area (Å²) in [4.78, 5) is 42.0. The zero-order chi connectivity index (χ0) is 24.3. The smallest absolute Gasteiger partial charge is 0.350 e. The first-order chi connectivity index (χ1) is 15.6. The maximum absolute atomic E-state index is 13.5. The van der Waals surface area contributed by atoms with E-state index in [1.54, 1.807) is 19.9 Å². The minimum Gasteiger partial charge on any atom is -0.384 e. The maximum atomic E-state index is 13.5. The molecule has 182 valence electrons. The van der Waals surface area contributed by atoms with Crippen LogP contribution in [0.3, 0.4) is 0 Å². The third-order valence-electron chi connectivity index (χ3n) is 5.17. The molecule has 0 saturated carbocycles. The molecule has 0 spiro atoms. The SMILES string of the molecule is Cc1cc(N)nc(C)c1CNC(=O)Cn1c(C)cc(=O)n(NCc2cc(F)ccc2Cl)c1=O.Cl. The van der Waals surface area contributed by atoms with Gasteiger partial charge < -0.3 is 16.5 Å². The normalized spacial score (nSPS) is 10.5. The number of nitrogens with two attached hydrogens (primary N) is 1. The van der Waals surface area contributed by atoms with Crippen LogP contribution in [0, 0.1) is 26.6 Å². The lowest BCUT2D eigenvalue weighted by Crippen LogP contribution is -2.46. The molecule has 3 rings (SSSR count). The van der Waals surface area contributed by atoms with Gasteiger partial charge in [-0.3, -0.25) is 14.2 Å². The molecule has 34 heavy (non-hydrogen) atoms. The highest BCUT2D eigenvalue weighted by Crippen LogP contribution is 2.17. The van der Waals surface area contributed by atoms with Gasteiger partial charge in [0.1, 0.15) is 18.2 Å². The average Bonchev–Trinajstić information content (AvgIpc) is 2.72. The summed E-state index contributed by atoms with van der Waals surface area (Å²) in [5, 5.41) is 3.05. The molecule has 9 nitrogen and oxygen atoms in total. The maximum Gasteiger partial charge on any atom is 0.350 e. The summed E-state index contributed by atoms with van der Waals surface area (Å²) in [6.07, 6.45) is 0. The van der Waals surface area contributed by atoms with Crippen LogP contribution in [0.4, 0.5) is 10.2 Å². The highest BCUT2D eigenvalue weighted by Gasteiger charge is 2.14. The van der Waals surface area contributed by atoms with Crippen molar-refractivity contribution in [3.05, 3.63) is 90.1 Å². The minimum atomic E-state index is -0.732. The van der Waals surface area contributed by atoms with Crippen molar-refractivity contribution in [2.45, 2.75) is 40.4 Å². The molecule has 3 aromatic rings. The van der Waals surface area contributed by atoms with Crippen LogP contribution >= 0.6 is 24.0 Å². The Morgan fingerprint density at radius 3 is 2.53 bits per heavy atom. The summed E-state index contributed by atoms with van der Waals surface area (Å²) in [7, 11) is 0. The molecule has 1 aromatic carbocycles. The van der Waals surface area contributed by atoms with Crippen LogP contribution in [-0.4, -0.2) is 20.1 Å². The Labute approximate surface area is 206 Å². The Morgan fingerprint density at radius 1 is 1.15 bits per heavy atom. The minimum absolute atomic E-state index is 0. The number of rotatable bonds is 7. The highest BCUT2D eigenvalue weighted by atomic mass is 35.5. The van der Waals surface area contributed by atoms with Gasteiger partial charge in [-0.05, 0) is 61.7 Å². The molecule has 12 heteroatoms. The number of carbonyl (C=O) groups is 1. The van der Waals surface area contributed by atoms with Crippen LogP contribution in [0.15, 0.2) is 39.9 Å². The van der Waals surface area contributed by atoms with E-state index in [1.807, 2.05) is 6.92 Å². The third kappa shape index (κ3) is 6.15. The largest absolute Gasteiger partial charge is 0.384 e. The van der Waals surface area contributed by atoms with Crippen LogP contribution in [0.1, 0.15) is 28.1 Å². The lowest BCUT2D eigenvalue weighted by atomic mass is 10.1. The molecule has 1 amide bonds. The van der Waals surface area contributed by atoms with Crippen molar-refractivity contribution in [3.8, 4) is 0 Å². The Kier molecular flexibility index (Phi) is 8.83. The van der Waals surface area contributed by atoms with Crippen molar-refractivity contribution in [1.82, 2.24) is 19.5 Å². The number of benzene rings is 1. The van der Waals surface area contributed by atoms with E-state index < -0.39 is 23.0 Å². The van der Waals surface area contributed by atoms with Gasteiger partial charge in [0, 0.05) is 29.0 Å². The quantitative estimate of drug-likeness (QED) is 0.447. The van der Waals surface area contributed by atoms with E-state index >= 15 is 0 Å². The highest BCUT2D eigenvalue weighted by molar-refractivity contribution is 6.31. The number of nitrogens with one attached hydrogen (secondary N) is 2.